The quantitative estimate of drug-likeness (QED) is 0.551. The molecule has 0 bridgehead atoms. The van der Waals surface area contributed by atoms with Gasteiger partial charge in [-0.1, -0.05) is 6.07 Å². The Morgan fingerprint density at radius 1 is 2.00 bits per heavy atom. The minimum absolute atomic E-state index is 0.252. The zero-order valence-electron chi connectivity index (χ0n) is 7.43. The Hall–Kier alpha value is -0.940. The van der Waals surface area contributed by atoms with E-state index in [1.54, 1.807) is 11.4 Å². The summed E-state index contributed by atoms with van der Waals surface area (Å²) in [5.74, 6) is 0. The van der Waals surface area contributed by atoms with Gasteiger partial charge in [0.2, 0.25) is 6.50 Å². The third-order valence-corrected chi connectivity index (χ3v) is 1.97. The average molecular weight is 175 g/mol. The third kappa shape index (κ3) is 2.28. The van der Waals surface area contributed by atoms with E-state index in [1.807, 2.05) is 0 Å². The number of aliphatic hydroxyl groups excluding tert-OH is 1. The Morgan fingerprint density at radius 2 is 2.73 bits per heavy atom. The molecule has 0 aliphatic heterocycles. The Bertz CT molecular complexity index is 301. The summed E-state index contributed by atoms with van der Waals surface area (Å²) in [4.78, 5) is 9.36. The fourth-order valence-corrected chi connectivity index (χ4v) is 1.26. The monoisotopic (exact) mass is 175 g/mol. The topological polar surface area (TPSA) is 63.4 Å². The lowest BCUT2D eigenvalue weighted by molar-refractivity contribution is -0.491. The molecule has 0 fully saturated rings. The average Bonchev–Trinajstić information content (AvgIpc) is 2.54. The Balaban J connectivity index is 2.90. The molecule has 4 nitrogen and oxygen atoms in total. The first-order chi connectivity index (χ1) is 5.96. The smallest absolute Gasteiger partial charge is 0.234 e. The fraction of sp³-hybridized carbons (Fsp3) is 0.333. The highest BCUT2D eigenvalue weighted by Crippen LogP contribution is 2.18. The summed E-state index contributed by atoms with van der Waals surface area (Å²) < 4.78 is 14.0. The third-order valence-electron chi connectivity index (χ3n) is 1.04. The van der Waals surface area contributed by atoms with Crippen molar-refractivity contribution in [2.45, 2.75) is 6.10 Å². The Labute approximate surface area is 70.1 Å². The van der Waals surface area contributed by atoms with Gasteiger partial charge >= 0.3 is 0 Å². The van der Waals surface area contributed by atoms with Gasteiger partial charge in [-0.2, -0.15) is 0 Å². The predicted molar refractivity (Wildman–Crippen MR) is 41.1 cm³/mol. The van der Waals surface area contributed by atoms with Gasteiger partial charge in [0, 0.05) is 9.80 Å². The molecule has 1 unspecified atom stereocenters. The van der Waals surface area contributed by atoms with Crippen molar-refractivity contribution in [1.82, 2.24) is 0 Å². The van der Waals surface area contributed by atoms with Crippen molar-refractivity contribution < 1.29 is 12.8 Å². The minimum Gasteiger partial charge on any atom is -0.381 e. The zero-order valence-corrected chi connectivity index (χ0v) is 6.25. The second-order valence-electron chi connectivity index (χ2n) is 1.80. The maximum absolute atomic E-state index is 10.2. The van der Waals surface area contributed by atoms with Gasteiger partial charge in [0.05, 0.1) is 0 Å². The lowest BCUT2D eigenvalue weighted by atomic mass is 10.3. The molecule has 0 spiro atoms. The van der Waals surface area contributed by atoms with Crippen LogP contribution >= 0.6 is 11.3 Å². The number of aliphatic hydroxyl groups is 1. The van der Waals surface area contributed by atoms with Crippen molar-refractivity contribution in [2.75, 3.05) is 6.50 Å². The van der Waals surface area contributed by atoms with Crippen molar-refractivity contribution >= 4 is 11.3 Å². The van der Waals surface area contributed by atoms with E-state index < -0.39 is 17.5 Å². The Morgan fingerprint density at radius 3 is 3.18 bits per heavy atom. The van der Waals surface area contributed by atoms with Crippen LogP contribution < -0.4 is 0 Å². The number of thiophene rings is 1. The van der Waals surface area contributed by atoms with Crippen LogP contribution in [-0.2, 0) is 0 Å². The van der Waals surface area contributed by atoms with Crippen LogP contribution in [-0.4, -0.2) is 16.5 Å². The van der Waals surface area contributed by atoms with Crippen molar-refractivity contribution in [3.8, 4) is 0 Å². The molecule has 1 rings (SSSR count). The van der Waals surface area contributed by atoms with Crippen LogP contribution in [0.3, 0.4) is 0 Å². The molecule has 0 aliphatic carbocycles. The summed E-state index contributed by atoms with van der Waals surface area (Å²) in [6.45, 7) is -2.83. The van der Waals surface area contributed by atoms with E-state index >= 15 is 0 Å². The summed E-state index contributed by atoms with van der Waals surface area (Å²) in [7, 11) is 0. The number of nitrogens with zero attached hydrogens (tertiary/aromatic N) is 1. The van der Waals surface area contributed by atoms with Crippen molar-refractivity contribution in [2.24, 2.45) is 0 Å². The number of hydrogen-bond donors (Lipinski definition) is 1. The molecule has 0 aliphatic rings. The van der Waals surface area contributed by atoms with E-state index in [0.717, 1.165) is 11.3 Å². The SMILES string of the molecule is [2H]C([2H])(C(O)c1cccs1)[N+](=O)[O-]. The molecule has 0 aromatic carbocycles. The summed E-state index contributed by atoms with van der Waals surface area (Å²) in [5.41, 5.74) is 0. The molecular formula is C6H7NO3S. The van der Waals surface area contributed by atoms with Crippen LogP contribution in [0.1, 0.15) is 13.7 Å². The highest BCUT2D eigenvalue weighted by Gasteiger charge is 2.13. The Kier molecular flexibility index (Phi) is 1.78. The molecule has 1 aromatic heterocycles. The summed E-state index contributed by atoms with van der Waals surface area (Å²) in [6, 6.07) is 3.05. The van der Waals surface area contributed by atoms with Crippen molar-refractivity contribution in [3.63, 3.8) is 0 Å². The number of hydrogen-bond acceptors (Lipinski definition) is 4. The first-order valence-corrected chi connectivity index (χ1v) is 3.70. The summed E-state index contributed by atoms with van der Waals surface area (Å²) >= 11 is 1.08. The molecule has 11 heavy (non-hydrogen) atoms. The minimum atomic E-state index is -2.83. The highest BCUT2D eigenvalue weighted by molar-refractivity contribution is 7.10. The van der Waals surface area contributed by atoms with E-state index in [-0.39, 0.29) is 4.88 Å². The van der Waals surface area contributed by atoms with E-state index in [4.69, 9.17) is 2.74 Å². The van der Waals surface area contributed by atoms with Crippen LogP contribution in [0.25, 0.3) is 0 Å². The van der Waals surface area contributed by atoms with E-state index in [9.17, 15) is 15.2 Å². The van der Waals surface area contributed by atoms with Gasteiger partial charge in [0.15, 0.2) is 6.10 Å². The molecule has 0 radical (unpaired) electrons. The van der Waals surface area contributed by atoms with Gasteiger partial charge < -0.3 is 5.11 Å². The van der Waals surface area contributed by atoms with Gasteiger partial charge in [-0.05, 0) is 11.4 Å². The molecule has 0 amide bonds. The van der Waals surface area contributed by atoms with E-state index in [0.29, 0.717) is 0 Å². The maximum Gasteiger partial charge on any atom is 0.234 e. The molecule has 1 N–H and O–H groups in total. The van der Waals surface area contributed by atoms with Crippen LogP contribution in [0.4, 0.5) is 0 Å². The molecule has 60 valence electrons. The number of nitro groups is 1. The first-order valence-electron chi connectivity index (χ1n) is 3.82. The van der Waals surface area contributed by atoms with Gasteiger partial charge in [0.1, 0.15) is 2.74 Å². The molecular weight excluding hydrogens is 166 g/mol. The van der Waals surface area contributed by atoms with Crippen LogP contribution in [0, 0.1) is 10.1 Å². The molecule has 1 heterocycles. The van der Waals surface area contributed by atoms with Crippen molar-refractivity contribution in [1.29, 1.82) is 0 Å². The molecule has 1 atom stereocenters. The first kappa shape index (κ1) is 5.68. The summed E-state index contributed by atoms with van der Waals surface area (Å²) in [5, 5.41) is 21.2. The normalized spacial score (nSPS) is 16.8. The zero-order chi connectivity index (χ0) is 10.1. The van der Waals surface area contributed by atoms with Gasteiger partial charge in [-0.25, -0.2) is 0 Å². The molecule has 5 heteroatoms. The second-order valence-corrected chi connectivity index (χ2v) is 2.78. The standard InChI is InChI=1S/C6H7NO3S/c8-5(4-7(9)10)6-2-1-3-11-6/h1-3,5,8H,4H2/i4D2. The highest BCUT2D eigenvalue weighted by atomic mass is 32.1. The fourth-order valence-electron chi connectivity index (χ4n) is 0.610. The lowest BCUT2D eigenvalue weighted by Gasteiger charge is -2.00. The lowest BCUT2D eigenvalue weighted by Crippen LogP contribution is -2.10. The van der Waals surface area contributed by atoms with Crippen LogP contribution in [0.2, 0.25) is 0 Å². The van der Waals surface area contributed by atoms with E-state index in [1.165, 1.54) is 6.07 Å². The molecule has 1 aromatic rings. The van der Waals surface area contributed by atoms with Gasteiger partial charge in [-0.3, -0.25) is 10.1 Å². The summed E-state index contributed by atoms with van der Waals surface area (Å²) in [6.07, 6.45) is -1.71. The van der Waals surface area contributed by atoms with Crippen molar-refractivity contribution in [3.05, 3.63) is 32.5 Å². The molecule has 0 saturated carbocycles. The second kappa shape index (κ2) is 3.45. The van der Waals surface area contributed by atoms with E-state index in [2.05, 4.69) is 0 Å². The van der Waals surface area contributed by atoms with Gasteiger partial charge in [0.25, 0.3) is 0 Å². The number of rotatable bonds is 3. The molecule has 0 saturated heterocycles. The van der Waals surface area contributed by atoms with Crippen LogP contribution in [0.15, 0.2) is 17.5 Å². The maximum atomic E-state index is 10.2. The predicted octanol–water partition coefficient (Wildman–Crippen LogP) is 1.06. The largest absolute Gasteiger partial charge is 0.381 e. The van der Waals surface area contributed by atoms with Gasteiger partial charge in [-0.15, -0.1) is 11.3 Å². The van der Waals surface area contributed by atoms with Crippen LogP contribution in [0.5, 0.6) is 0 Å².